The normalized spacial score (nSPS) is 29.6. The third kappa shape index (κ3) is 4.28. The summed E-state index contributed by atoms with van der Waals surface area (Å²) in [6, 6.07) is 17.2. The molecule has 182 valence electrons. The van der Waals surface area contributed by atoms with Crippen LogP contribution in [0.1, 0.15) is 25.7 Å². The van der Waals surface area contributed by atoms with E-state index in [1.54, 1.807) is 0 Å². The number of nitrogens with two attached hydrogens (primary N) is 1. The van der Waals surface area contributed by atoms with Gasteiger partial charge in [0, 0.05) is 29.4 Å². The highest BCUT2D eigenvalue weighted by Crippen LogP contribution is 2.48. The number of carbonyl (C=O) groups excluding carboxylic acids is 2. The molecule has 0 spiro atoms. The fourth-order valence-electron chi connectivity index (χ4n) is 5.62. The van der Waals surface area contributed by atoms with E-state index in [1.807, 2.05) is 59.5 Å². The second-order valence-corrected chi connectivity index (χ2v) is 10.7. The van der Waals surface area contributed by atoms with Crippen LogP contribution < -0.4 is 31.3 Å². The summed E-state index contributed by atoms with van der Waals surface area (Å²) in [6.07, 6.45) is 3.45. The second kappa shape index (κ2) is 9.22. The summed E-state index contributed by atoms with van der Waals surface area (Å²) in [7, 11) is 0. The highest BCUT2D eigenvalue weighted by atomic mass is 32.2. The van der Waals surface area contributed by atoms with Crippen LogP contribution in [0.25, 0.3) is 0 Å². The Bertz CT molecular complexity index is 1160. The average molecular weight is 492 g/mol. The highest BCUT2D eigenvalue weighted by Gasteiger charge is 2.51. The molecule has 35 heavy (non-hydrogen) atoms. The van der Waals surface area contributed by atoms with Crippen LogP contribution >= 0.6 is 11.8 Å². The number of piperidine rings is 1. The van der Waals surface area contributed by atoms with Crippen LogP contribution in [0.5, 0.6) is 11.5 Å². The number of ether oxygens (including phenoxy) is 1. The fourth-order valence-corrected chi connectivity index (χ4v) is 7.02. The summed E-state index contributed by atoms with van der Waals surface area (Å²) in [5.41, 5.74) is 7.59. The maximum absolute atomic E-state index is 13.3. The zero-order chi connectivity index (χ0) is 23.9. The molecule has 8 nitrogen and oxygen atoms in total. The number of thioether (sulfide) groups is 1. The zero-order valence-electron chi connectivity index (χ0n) is 19.3. The molecule has 5 N–H and O–H groups in total. The third-order valence-electron chi connectivity index (χ3n) is 7.25. The van der Waals surface area contributed by atoms with Gasteiger partial charge < -0.3 is 26.4 Å². The molecule has 6 rings (SSSR count). The number of nitrogens with one attached hydrogen (secondary N) is 3. The maximum atomic E-state index is 13.3. The summed E-state index contributed by atoms with van der Waals surface area (Å²) in [4.78, 5) is 29.0. The van der Waals surface area contributed by atoms with Crippen molar-refractivity contribution in [3.05, 3.63) is 65.2 Å². The smallest absolute Gasteiger partial charge is 0.326 e. The van der Waals surface area contributed by atoms with E-state index in [2.05, 4.69) is 16.0 Å². The lowest BCUT2D eigenvalue weighted by atomic mass is 9.86. The molecule has 3 heterocycles. The largest absolute Gasteiger partial charge is 0.457 e. The predicted octanol–water partition coefficient (Wildman–Crippen LogP) is 3.27. The quantitative estimate of drug-likeness (QED) is 0.511. The molecule has 2 saturated heterocycles. The van der Waals surface area contributed by atoms with Crippen LogP contribution in [0.3, 0.4) is 0 Å². The van der Waals surface area contributed by atoms with Gasteiger partial charge in [0.05, 0.1) is 16.3 Å². The van der Waals surface area contributed by atoms with E-state index >= 15 is 0 Å². The molecule has 9 heteroatoms. The molecular weight excluding hydrogens is 462 g/mol. The molecule has 1 saturated carbocycles. The summed E-state index contributed by atoms with van der Waals surface area (Å²) in [5.74, 6) is 1.40. The molecule has 3 aliphatic heterocycles. The molecule has 0 aromatic heterocycles. The minimum absolute atomic E-state index is 0.0244. The standard InChI is InChI=1S/C26H29N5O3S/c27-15-6-7-16(14-15)29-24(32)23-22-21-20(12-13-28-25(21)35-23)31(26(33)30-22)17-8-10-19(11-9-17)34-18-4-2-1-3-5-18/h1-5,8-11,15-16,20-21,25,28H,6-7,12-14,27H2,(H,29,32)(H,30,33)/t15-,16-,20?,21?,25?/m1/s1. The van der Waals surface area contributed by atoms with Gasteiger partial charge in [-0.2, -0.15) is 0 Å². The van der Waals surface area contributed by atoms with Crippen molar-refractivity contribution >= 4 is 29.4 Å². The topological polar surface area (TPSA) is 109 Å². The van der Waals surface area contributed by atoms with E-state index in [9.17, 15) is 9.59 Å². The first-order chi connectivity index (χ1) is 17.1. The summed E-state index contributed by atoms with van der Waals surface area (Å²) < 4.78 is 5.91. The SMILES string of the molecule is N[C@@H]1CC[C@@H](NC(=O)C2=C3NC(=O)N(c4ccc(Oc5ccccc5)cc4)C4CCNC(S2)C34)C1. The van der Waals surface area contributed by atoms with Crippen molar-refractivity contribution in [3.63, 3.8) is 0 Å². The third-order valence-corrected chi connectivity index (χ3v) is 8.60. The fraction of sp³-hybridized carbons (Fsp3) is 0.385. The molecule has 5 atom stereocenters. The number of amides is 3. The molecule has 2 aromatic carbocycles. The van der Waals surface area contributed by atoms with Gasteiger partial charge in [0.2, 0.25) is 0 Å². The number of hydrogen-bond acceptors (Lipinski definition) is 6. The Morgan fingerprint density at radius 3 is 2.57 bits per heavy atom. The van der Waals surface area contributed by atoms with Gasteiger partial charge in [-0.1, -0.05) is 30.0 Å². The van der Waals surface area contributed by atoms with Gasteiger partial charge in [-0.25, -0.2) is 4.79 Å². The molecule has 3 fully saturated rings. The Balaban J connectivity index is 1.22. The van der Waals surface area contributed by atoms with Crippen molar-refractivity contribution in [1.29, 1.82) is 0 Å². The zero-order valence-corrected chi connectivity index (χ0v) is 20.1. The van der Waals surface area contributed by atoms with Crippen LogP contribution in [0.15, 0.2) is 65.2 Å². The van der Waals surface area contributed by atoms with Crippen LogP contribution in [0, 0.1) is 5.92 Å². The Kier molecular flexibility index (Phi) is 5.91. The number of nitrogens with zero attached hydrogens (tertiary/aromatic N) is 1. The molecular formula is C26H29N5O3S. The number of rotatable bonds is 5. The Hall–Kier alpha value is -3.01. The van der Waals surface area contributed by atoms with E-state index in [4.69, 9.17) is 10.5 Å². The van der Waals surface area contributed by atoms with Crippen LogP contribution in [0.2, 0.25) is 0 Å². The Morgan fingerprint density at radius 2 is 1.83 bits per heavy atom. The lowest BCUT2D eigenvalue weighted by Crippen LogP contribution is -2.62. The van der Waals surface area contributed by atoms with E-state index in [1.165, 1.54) is 11.8 Å². The van der Waals surface area contributed by atoms with Gasteiger partial charge in [0.1, 0.15) is 11.5 Å². The van der Waals surface area contributed by atoms with Crippen molar-refractivity contribution in [2.45, 2.75) is 49.2 Å². The van der Waals surface area contributed by atoms with Crippen molar-refractivity contribution in [1.82, 2.24) is 16.0 Å². The average Bonchev–Trinajstić information content (AvgIpc) is 3.44. The molecule has 0 radical (unpaired) electrons. The van der Waals surface area contributed by atoms with Gasteiger partial charge in [0.15, 0.2) is 0 Å². The minimum Gasteiger partial charge on any atom is -0.457 e. The lowest BCUT2D eigenvalue weighted by Gasteiger charge is -2.45. The highest BCUT2D eigenvalue weighted by molar-refractivity contribution is 8.04. The van der Waals surface area contributed by atoms with Crippen molar-refractivity contribution in [2.75, 3.05) is 11.4 Å². The van der Waals surface area contributed by atoms with Gasteiger partial charge in [0.25, 0.3) is 5.91 Å². The molecule has 0 bridgehead atoms. The molecule has 1 aliphatic carbocycles. The van der Waals surface area contributed by atoms with E-state index < -0.39 is 0 Å². The first kappa shape index (κ1) is 22.5. The van der Waals surface area contributed by atoms with Crippen LogP contribution in [0.4, 0.5) is 10.5 Å². The number of carbonyl (C=O) groups is 2. The Labute approximate surface area is 208 Å². The Morgan fingerprint density at radius 1 is 1.06 bits per heavy atom. The van der Waals surface area contributed by atoms with Crippen molar-refractivity contribution in [3.8, 4) is 11.5 Å². The van der Waals surface area contributed by atoms with Gasteiger partial charge >= 0.3 is 6.03 Å². The maximum Gasteiger partial charge on any atom is 0.326 e. The monoisotopic (exact) mass is 491 g/mol. The molecule has 2 aromatic rings. The number of benzene rings is 2. The molecule has 3 unspecified atom stereocenters. The first-order valence-corrected chi connectivity index (χ1v) is 13.1. The van der Waals surface area contributed by atoms with Gasteiger partial charge in [-0.05, 0) is 68.6 Å². The minimum atomic E-state index is -0.200. The van der Waals surface area contributed by atoms with Gasteiger partial charge in [-0.15, -0.1) is 0 Å². The lowest BCUT2D eigenvalue weighted by molar-refractivity contribution is -0.117. The summed E-state index contributed by atoms with van der Waals surface area (Å²) >= 11 is 1.53. The van der Waals surface area contributed by atoms with Crippen LogP contribution in [-0.4, -0.2) is 42.0 Å². The van der Waals surface area contributed by atoms with Gasteiger partial charge in [-0.3, -0.25) is 9.69 Å². The molecule has 3 amide bonds. The summed E-state index contributed by atoms with van der Waals surface area (Å²) in [5, 5.41) is 9.80. The predicted molar refractivity (Wildman–Crippen MR) is 136 cm³/mol. The summed E-state index contributed by atoms with van der Waals surface area (Å²) in [6.45, 7) is 0.789. The van der Waals surface area contributed by atoms with Crippen LogP contribution in [-0.2, 0) is 4.79 Å². The van der Waals surface area contributed by atoms with Crippen molar-refractivity contribution < 1.29 is 14.3 Å². The van der Waals surface area contributed by atoms with E-state index in [-0.39, 0.29) is 41.4 Å². The first-order valence-electron chi connectivity index (χ1n) is 12.2. The number of hydrogen-bond donors (Lipinski definition) is 4. The molecule has 4 aliphatic rings. The van der Waals surface area contributed by atoms with E-state index in [0.29, 0.717) is 10.7 Å². The number of anilines is 1. The van der Waals surface area contributed by atoms with Crippen molar-refractivity contribution in [2.24, 2.45) is 11.7 Å². The van der Waals surface area contributed by atoms with E-state index in [0.717, 1.165) is 49.4 Å². The number of para-hydroxylation sites is 1. The number of urea groups is 1. The second-order valence-electron chi connectivity index (χ2n) is 9.57.